The average Bonchev–Trinajstić information content (AvgIpc) is 2.74. The quantitative estimate of drug-likeness (QED) is 0.851. The van der Waals surface area contributed by atoms with E-state index in [-0.39, 0.29) is 5.75 Å². The predicted octanol–water partition coefficient (Wildman–Crippen LogP) is 2.63. The summed E-state index contributed by atoms with van der Waals surface area (Å²) in [5.74, 6) is 0.244. The number of sulfone groups is 1. The summed E-state index contributed by atoms with van der Waals surface area (Å²) in [6, 6.07) is 8.55. The van der Waals surface area contributed by atoms with Gasteiger partial charge in [-0.1, -0.05) is 34.1 Å². The molecule has 1 heterocycles. The molecule has 0 radical (unpaired) electrons. The Kier molecular flexibility index (Phi) is 4.45. The highest BCUT2D eigenvalue weighted by Gasteiger charge is 2.27. The lowest BCUT2D eigenvalue weighted by Gasteiger charge is -2.25. The minimum absolute atomic E-state index is 0.244. The van der Waals surface area contributed by atoms with E-state index in [0.29, 0.717) is 12.6 Å². The van der Waals surface area contributed by atoms with Gasteiger partial charge in [-0.3, -0.25) is 4.90 Å². The molecular formula is C13H18BrNO2S. The van der Waals surface area contributed by atoms with Crippen molar-refractivity contribution >= 4 is 25.8 Å². The third-order valence-electron chi connectivity index (χ3n) is 3.38. The van der Waals surface area contributed by atoms with Crippen LogP contribution < -0.4 is 0 Å². The molecule has 0 bridgehead atoms. The van der Waals surface area contributed by atoms with Crippen LogP contribution in [0.4, 0.5) is 0 Å². The molecule has 1 saturated heterocycles. The zero-order chi connectivity index (χ0) is 13.2. The molecule has 18 heavy (non-hydrogen) atoms. The smallest absolute Gasteiger partial charge is 0.148 e. The number of hydrogen-bond donors (Lipinski definition) is 0. The summed E-state index contributed by atoms with van der Waals surface area (Å²) in [7, 11) is -2.88. The van der Waals surface area contributed by atoms with Crippen molar-refractivity contribution in [1.82, 2.24) is 4.90 Å². The zero-order valence-corrected chi connectivity index (χ0v) is 12.9. The monoisotopic (exact) mass is 331 g/mol. The number of rotatable bonds is 4. The van der Waals surface area contributed by atoms with Crippen molar-refractivity contribution in [2.45, 2.75) is 18.9 Å². The topological polar surface area (TPSA) is 37.4 Å². The fourth-order valence-electron chi connectivity index (χ4n) is 2.47. The van der Waals surface area contributed by atoms with Crippen LogP contribution in [0.15, 0.2) is 28.7 Å². The number of benzene rings is 1. The fourth-order valence-corrected chi connectivity index (χ4v) is 3.59. The Hall–Kier alpha value is -0.390. The fraction of sp³-hybridized carbons (Fsp3) is 0.538. The molecule has 0 N–H and O–H groups in total. The van der Waals surface area contributed by atoms with Crippen LogP contribution >= 0.6 is 15.9 Å². The van der Waals surface area contributed by atoms with E-state index in [0.717, 1.165) is 23.9 Å². The van der Waals surface area contributed by atoms with E-state index < -0.39 is 9.84 Å². The van der Waals surface area contributed by atoms with Crippen LogP contribution in [0.1, 0.15) is 24.4 Å². The maximum Gasteiger partial charge on any atom is 0.148 e. The molecule has 1 aromatic rings. The summed E-state index contributed by atoms with van der Waals surface area (Å²) < 4.78 is 23.6. The van der Waals surface area contributed by atoms with Crippen molar-refractivity contribution in [2.24, 2.45) is 0 Å². The molecule has 0 amide bonds. The molecule has 1 aliphatic rings. The van der Waals surface area contributed by atoms with Crippen molar-refractivity contribution in [1.29, 1.82) is 0 Å². The molecule has 1 atom stereocenters. The van der Waals surface area contributed by atoms with E-state index in [4.69, 9.17) is 0 Å². The second kappa shape index (κ2) is 5.72. The molecule has 100 valence electrons. The van der Waals surface area contributed by atoms with Gasteiger partial charge in [0.05, 0.1) is 5.75 Å². The first kappa shape index (κ1) is 14.0. The maximum absolute atomic E-state index is 11.3. The summed E-state index contributed by atoms with van der Waals surface area (Å²) >= 11 is 3.58. The first-order valence-electron chi connectivity index (χ1n) is 6.13. The summed E-state index contributed by atoms with van der Waals surface area (Å²) in [5.41, 5.74) is 1.27. The molecule has 0 aliphatic carbocycles. The Labute approximate surface area is 117 Å². The molecule has 0 spiro atoms. The molecule has 0 saturated carbocycles. The molecule has 2 rings (SSSR count). The zero-order valence-electron chi connectivity index (χ0n) is 10.5. The summed E-state index contributed by atoms with van der Waals surface area (Å²) in [4.78, 5) is 2.28. The van der Waals surface area contributed by atoms with Gasteiger partial charge >= 0.3 is 0 Å². The van der Waals surface area contributed by atoms with Crippen LogP contribution in [0, 0.1) is 0 Å². The minimum Gasteiger partial charge on any atom is -0.295 e. The van der Waals surface area contributed by atoms with Gasteiger partial charge in [0.1, 0.15) is 9.84 Å². The largest absolute Gasteiger partial charge is 0.295 e. The van der Waals surface area contributed by atoms with E-state index >= 15 is 0 Å². The molecule has 1 aromatic carbocycles. The average molecular weight is 332 g/mol. The summed E-state index contributed by atoms with van der Waals surface area (Å²) in [6.45, 7) is 1.62. The lowest BCUT2D eigenvalue weighted by molar-refractivity contribution is 0.272. The highest BCUT2D eigenvalue weighted by Crippen LogP contribution is 2.35. The Balaban J connectivity index is 2.11. The van der Waals surface area contributed by atoms with Gasteiger partial charge in [0, 0.05) is 23.3 Å². The van der Waals surface area contributed by atoms with E-state index in [1.54, 1.807) is 0 Å². The SMILES string of the molecule is CS(=O)(=O)CCN1CCCC1c1ccccc1Br. The second-order valence-electron chi connectivity index (χ2n) is 4.85. The predicted molar refractivity (Wildman–Crippen MR) is 77.4 cm³/mol. The van der Waals surface area contributed by atoms with Gasteiger partial charge in [0.25, 0.3) is 0 Å². The molecule has 5 heteroatoms. The van der Waals surface area contributed by atoms with Crippen LogP contribution in [0.3, 0.4) is 0 Å². The number of hydrogen-bond acceptors (Lipinski definition) is 3. The molecule has 0 aromatic heterocycles. The Morgan fingerprint density at radius 1 is 1.39 bits per heavy atom. The lowest BCUT2D eigenvalue weighted by atomic mass is 10.0. The van der Waals surface area contributed by atoms with Gasteiger partial charge in [-0.2, -0.15) is 0 Å². The van der Waals surface area contributed by atoms with Crippen molar-refractivity contribution in [2.75, 3.05) is 25.1 Å². The van der Waals surface area contributed by atoms with Crippen molar-refractivity contribution in [3.8, 4) is 0 Å². The first-order chi connectivity index (χ1) is 8.47. The van der Waals surface area contributed by atoms with E-state index in [2.05, 4.69) is 26.9 Å². The van der Waals surface area contributed by atoms with E-state index in [9.17, 15) is 8.42 Å². The van der Waals surface area contributed by atoms with Crippen LogP contribution in [0.25, 0.3) is 0 Å². The molecular weight excluding hydrogens is 314 g/mol. The van der Waals surface area contributed by atoms with E-state index in [1.165, 1.54) is 11.8 Å². The molecule has 1 fully saturated rings. The number of likely N-dealkylation sites (tertiary alicyclic amines) is 1. The maximum atomic E-state index is 11.3. The van der Waals surface area contributed by atoms with Crippen molar-refractivity contribution in [3.63, 3.8) is 0 Å². The van der Waals surface area contributed by atoms with Gasteiger partial charge in [-0.25, -0.2) is 8.42 Å². The Morgan fingerprint density at radius 2 is 2.11 bits per heavy atom. The molecule has 1 unspecified atom stereocenters. The third-order valence-corrected chi connectivity index (χ3v) is 5.02. The van der Waals surface area contributed by atoms with Gasteiger partial charge in [0.2, 0.25) is 0 Å². The van der Waals surface area contributed by atoms with E-state index in [1.807, 2.05) is 18.2 Å². The van der Waals surface area contributed by atoms with Crippen LogP contribution in [0.5, 0.6) is 0 Å². The van der Waals surface area contributed by atoms with Gasteiger partial charge in [-0.15, -0.1) is 0 Å². The van der Waals surface area contributed by atoms with Crippen LogP contribution in [-0.4, -0.2) is 38.4 Å². The third kappa shape index (κ3) is 3.56. The van der Waals surface area contributed by atoms with Crippen molar-refractivity contribution < 1.29 is 8.42 Å². The van der Waals surface area contributed by atoms with Gasteiger partial charge < -0.3 is 0 Å². The van der Waals surface area contributed by atoms with Gasteiger partial charge in [0.15, 0.2) is 0 Å². The summed E-state index contributed by atoms with van der Waals surface area (Å²) in [5, 5.41) is 0. The van der Waals surface area contributed by atoms with Crippen LogP contribution in [-0.2, 0) is 9.84 Å². The second-order valence-corrected chi connectivity index (χ2v) is 7.96. The Morgan fingerprint density at radius 3 is 2.78 bits per heavy atom. The molecule has 1 aliphatic heterocycles. The van der Waals surface area contributed by atoms with Crippen LogP contribution in [0.2, 0.25) is 0 Å². The van der Waals surface area contributed by atoms with Crippen molar-refractivity contribution in [3.05, 3.63) is 34.3 Å². The minimum atomic E-state index is -2.88. The normalized spacial score (nSPS) is 21.3. The standard InChI is InChI=1S/C13H18BrNO2S/c1-18(16,17)10-9-15-8-4-7-13(15)11-5-2-3-6-12(11)14/h2-3,5-6,13H,4,7-10H2,1H3. The lowest BCUT2D eigenvalue weighted by Crippen LogP contribution is -2.29. The highest BCUT2D eigenvalue weighted by atomic mass is 79.9. The number of nitrogens with zero attached hydrogens (tertiary/aromatic N) is 1. The number of halogens is 1. The first-order valence-corrected chi connectivity index (χ1v) is 8.99. The Bertz CT molecular complexity index is 515. The van der Waals surface area contributed by atoms with Gasteiger partial charge in [-0.05, 0) is 31.0 Å². The highest BCUT2D eigenvalue weighted by molar-refractivity contribution is 9.10. The summed E-state index contributed by atoms with van der Waals surface area (Å²) in [6.07, 6.45) is 3.54. The molecule has 3 nitrogen and oxygen atoms in total.